The van der Waals surface area contributed by atoms with Crippen LogP contribution in [0, 0.1) is 0 Å². The van der Waals surface area contributed by atoms with Crippen molar-refractivity contribution in [2.75, 3.05) is 0 Å². The van der Waals surface area contributed by atoms with Crippen molar-refractivity contribution < 1.29 is 10.2 Å². The molecule has 0 saturated heterocycles. The number of rotatable bonds is 0. The molecule has 0 spiro atoms. The Kier molecular flexibility index (Phi) is 2.81. The van der Waals surface area contributed by atoms with Crippen molar-refractivity contribution in [3.8, 4) is 0 Å². The minimum absolute atomic E-state index is 0.817. The van der Waals surface area contributed by atoms with Gasteiger partial charge in [0.25, 0.3) is 0 Å². The summed E-state index contributed by atoms with van der Waals surface area (Å²) in [5, 5.41) is 27.4. The van der Waals surface area contributed by atoms with E-state index >= 15 is 0 Å². The molecule has 2 N–H and O–H groups in total. The highest BCUT2D eigenvalue weighted by Crippen LogP contribution is 2.37. The van der Waals surface area contributed by atoms with Crippen LogP contribution in [0.2, 0.25) is 0 Å². The van der Waals surface area contributed by atoms with Crippen LogP contribution in [0.15, 0.2) is 66.7 Å². The summed E-state index contributed by atoms with van der Waals surface area (Å²) in [6, 6.07) is 21.0. The fraction of sp³-hybridized carbons (Fsp3) is 0.0909. The van der Waals surface area contributed by atoms with Gasteiger partial charge in [0.1, 0.15) is 12.2 Å². The van der Waals surface area contributed by atoms with Gasteiger partial charge >= 0.3 is 0 Å². The molecule has 4 aromatic rings. The van der Waals surface area contributed by atoms with Crippen molar-refractivity contribution in [3.05, 3.63) is 77.9 Å². The fourth-order valence-corrected chi connectivity index (χ4v) is 3.82. The summed E-state index contributed by atoms with van der Waals surface area (Å²) in [4.78, 5) is 0. The predicted molar refractivity (Wildman–Crippen MR) is 99.0 cm³/mol. The highest BCUT2D eigenvalue weighted by atomic mass is 16.3. The number of aliphatic hydroxyl groups excluding tert-OH is 2. The average Bonchev–Trinajstić information content (AvgIpc) is 2.62. The Morgan fingerprint density at radius 2 is 1.38 bits per heavy atom. The lowest BCUT2D eigenvalue weighted by atomic mass is 9.87. The molecule has 24 heavy (non-hydrogen) atoms. The third-order valence-electron chi connectivity index (χ3n) is 5.05. The van der Waals surface area contributed by atoms with E-state index in [-0.39, 0.29) is 0 Å². The van der Waals surface area contributed by atoms with E-state index in [1.165, 1.54) is 16.2 Å². The van der Waals surface area contributed by atoms with E-state index in [1.807, 2.05) is 12.1 Å². The SMILES string of the molecule is O[C@@H]1C=Cc2ccc3cc4c(ccc5ccccc54)cc3c2[C@H]1O. The monoisotopic (exact) mass is 312 g/mol. The van der Waals surface area contributed by atoms with E-state index in [1.54, 1.807) is 6.08 Å². The maximum absolute atomic E-state index is 10.5. The summed E-state index contributed by atoms with van der Waals surface area (Å²) in [5.74, 6) is 0. The minimum Gasteiger partial charge on any atom is -0.386 e. The third kappa shape index (κ3) is 1.84. The third-order valence-corrected chi connectivity index (χ3v) is 5.05. The molecule has 0 unspecified atom stereocenters. The fourth-order valence-electron chi connectivity index (χ4n) is 3.82. The molecule has 0 bridgehead atoms. The zero-order chi connectivity index (χ0) is 16.3. The molecule has 2 nitrogen and oxygen atoms in total. The van der Waals surface area contributed by atoms with Gasteiger partial charge in [-0.15, -0.1) is 0 Å². The van der Waals surface area contributed by atoms with Gasteiger partial charge in [-0.05, 0) is 55.6 Å². The molecule has 4 aromatic carbocycles. The van der Waals surface area contributed by atoms with Crippen LogP contribution >= 0.6 is 0 Å². The topological polar surface area (TPSA) is 40.5 Å². The van der Waals surface area contributed by atoms with Crippen molar-refractivity contribution in [1.29, 1.82) is 0 Å². The highest BCUT2D eigenvalue weighted by molar-refractivity contribution is 6.12. The van der Waals surface area contributed by atoms with Crippen molar-refractivity contribution in [3.63, 3.8) is 0 Å². The molecule has 0 radical (unpaired) electrons. The van der Waals surface area contributed by atoms with Crippen molar-refractivity contribution in [1.82, 2.24) is 0 Å². The molecule has 0 fully saturated rings. The Bertz CT molecular complexity index is 1140. The van der Waals surface area contributed by atoms with Crippen LogP contribution in [-0.2, 0) is 0 Å². The molecular weight excluding hydrogens is 296 g/mol. The molecule has 2 atom stereocenters. The lowest BCUT2D eigenvalue weighted by molar-refractivity contribution is 0.0480. The Morgan fingerprint density at radius 1 is 0.667 bits per heavy atom. The van der Waals surface area contributed by atoms with E-state index < -0.39 is 12.2 Å². The van der Waals surface area contributed by atoms with E-state index in [0.717, 1.165) is 27.3 Å². The second-order valence-electron chi connectivity index (χ2n) is 6.44. The van der Waals surface area contributed by atoms with E-state index in [0.29, 0.717) is 0 Å². The zero-order valence-corrected chi connectivity index (χ0v) is 13.0. The van der Waals surface area contributed by atoms with Crippen LogP contribution < -0.4 is 0 Å². The number of aliphatic hydroxyl groups is 2. The molecule has 2 heteroatoms. The Balaban J connectivity index is 1.92. The van der Waals surface area contributed by atoms with Crippen molar-refractivity contribution in [2.24, 2.45) is 0 Å². The zero-order valence-electron chi connectivity index (χ0n) is 13.0. The van der Waals surface area contributed by atoms with Gasteiger partial charge < -0.3 is 10.2 Å². The average molecular weight is 312 g/mol. The van der Waals surface area contributed by atoms with Crippen LogP contribution in [0.5, 0.6) is 0 Å². The van der Waals surface area contributed by atoms with Gasteiger partial charge in [-0.25, -0.2) is 0 Å². The second kappa shape index (κ2) is 4.91. The summed E-state index contributed by atoms with van der Waals surface area (Å²) in [6.45, 7) is 0. The van der Waals surface area contributed by atoms with Crippen LogP contribution in [0.4, 0.5) is 0 Å². The van der Waals surface area contributed by atoms with Crippen LogP contribution in [-0.4, -0.2) is 16.3 Å². The van der Waals surface area contributed by atoms with E-state index in [2.05, 4.69) is 54.6 Å². The van der Waals surface area contributed by atoms with Crippen LogP contribution in [0.1, 0.15) is 17.2 Å². The van der Waals surface area contributed by atoms with Crippen molar-refractivity contribution >= 4 is 38.4 Å². The highest BCUT2D eigenvalue weighted by Gasteiger charge is 2.24. The lowest BCUT2D eigenvalue weighted by Gasteiger charge is -2.24. The van der Waals surface area contributed by atoms with Crippen LogP contribution in [0.3, 0.4) is 0 Å². The maximum atomic E-state index is 10.5. The van der Waals surface area contributed by atoms with Gasteiger partial charge in [-0.3, -0.25) is 0 Å². The first-order valence-corrected chi connectivity index (χ1v) is 8.15. The molecule has 0 saturated carbocycles. The molecule has 5 rings (SSSR count). The van der Waals surface area contributed by atoms with Crippen LogP contribution in [0.25, 0.3) is 38.4 Å². The summed E-state index contributed by atoms with van der Waals surface area (Å²) in [5.41, 5.74) is 1.79. The second-order valence-corrected chi connectivity index (χ2v) is 6.44. The molecule has 0 amide bonds. The quantitative estimate of drug-likeness (QED) is 0.369. The van der Waals surface area contributed by atoms with Gasteiger partial charge in [0, 0.05) is 0 Å². The number of fused-ring (bicyclic) bond motifs is 6. The minimum atomic E-state index is -0.883. The summed E-state index contributed by atoms with van der Waals surface area (Å²) in [7, 11) is 0. The lowest BCUT2D eigenvalue weighted by Crippen LogP contribution is -2.19. The van der Waals surface area contributed by atoms with Gasteiger partial charge in [0.15, 0.2) is 0 Å². The number of hydrogen-bond acceptors (Lipinski definition) is 2. The summed E-state index contributed by atoms with van der Waals surface area (Å²) >= 11 is 0. The summed E-state index contributed by atoms with van der Waals surface area (Å²) in [6.07, 6.45) is 1.80. The smallest absolute Gasteiger partial charge is 0.110 e. The van der Waals surface area contributed by atoms with Gasteiger partial charge in [0.05, 0.1) is 0 Å². The standard InChI is InChI=1S/C22H16O2/c23-20-10-9-14-6-8-16-11-18-15(12-19(16)21(14)22(20)24)7-5-13-3-1-2-4-17(13)18/h1-12,20,22-24H/t20-,22+/m1/s1. The number of hydrogen-bond donors (Lipinski definition) is 2. The first-order chi connectivity index (χ1) is 11.7. The predicted octanol–water partition coefficient (Wildman–Crippen LogP) is 4.57. The largest absolute Gasteiger partial charge is 0.386 e. The normalized spacial score (nSPS) is 19.9. The van der Waals surface area contributed by atoms with E-state index in [9.17, 15) is 10.2 Å². The van der Waals surface area contributed by atoms with Gasteiger partial charge in [-0.1, -0.05) is 60.7 Å². The Labute approximate surface area is 139 Å². The first kappa shape index (κ1) is 13.7. The van der Waals surface area contributed by atoms with Gasteiger partial charge in [0.2, 0.25) is 0 Å². The first-order valence-electron chi connectivity index (χ1n) is 8.15. The molecule has 1 aliphatic carbocycles. The Morgan fingerprint density at radius 3 is 2.29 bits per heavy atom. The number of benzene rings is 4. The molecular formula is C22H16O2. The molecule has 116 valence electrons. The molecule has 1 aliphatic rings. The Hall–Kier alpha value is -2.68. The molecule has 0 aliphatic heterocycles. The summed E-state index contributed by atoms with van der Waals surface area (Å²) < 4.78 is 0. The molecule has 0 aromatic heterocycles. The van der Waals surface area contributed by atoms with E-state index in [4.69, 9.17) is 0 Å². The molecule has 0 heterocycles. The maximum Gasteiger partial charge on any atom is 0.110 e. The van der Waals surface area contributed by atoms with Gasteiger partial charge in [-0.2, -0.15) is 0 Å². The van der Waals surface area contributed by atoms with Crippen molar-refractivity contribution in [2.45, 2.75) is 12.2 Å².